The van der Waals surface area contributed by atoms with Crippen LogP contribution < -0.4 is 4.72 Å². The maximum absolute atomic E-state index is 14.0. The van der Waals surface area contributed by atoms with Crippen LogP contribution in [0.5, 0.6) is 0 Å². The Labute approximate surface area is 138 Å². The number of ketones is 1. The Bertz CT molecular complexity index is 984. The average molecular weight is 350 g/mol. The van der Waals surface area contributed by atoms with E-state index >= 15 is 0 Å². The third kappa shape index (κ3) is 3.91. The lowest BCUT2D eigenvalue weighted by Crippen LogP contribution is -2.10. The smallest absolute Gasteiger partial charge is 0.229 e. The molecule has 2 rings (SSSR count). The second kappa shape index (κ2) is 6.33. The molecule has 7 nitrogen and oxygen atoms in total. The average Bonchev–Trinajstić information content (AvgIpc) is 2.85. The minimum Gasteiger partial charge on any atom is -0.382 e. The Balaban J connectivity index is 2.49. The molecule has 2 aromatic rings. The fourth-order valence-corrected chi connectivity index (χ4v) is 2.65. The van der Waals surface area contributed by atoms with Crippen LogP contribution in [0, 0.1) is 17.1 Å². The highest BCUT2D eigenvalue weighted by Gasteiger charge is 2.17. The van der Waals surface area contributed by atoms with Crippen LogP contribution in [0.15, 0.2) is 30.0 Å². The summed E-state index contributed by atoms with van der Waals surface area (Å²) in [5, 5.41) is 9.47. The van der Waals surface area contributed by atoms with Gasteiger partial charge < -0.3 is 9.88 Å². The molecule has 2 N–H and O–H groups in total. The molecule has 0 bridgehead atoms. The van der Waals surface area contributed by atoms with Crippen molar-refractivity contribution >= 4 is 32.4 Å². The number of rotatable bonds is 5. The molecule has 9 heteroatoms. The second-order valence-corrected chi connectivity index (χ2v) is 7.17. The number of fused-ring (bicyclic) bond motifs is 1. The molecule has 24 heavy (non-hydrogen) atoms. The SMILES string of the molecule is CN(C)C=C(C#N)C(=O)c1cc2cc(F)c(NS(C)(=O)=O)cc2[nH]1. The number of aromatic amines is 1. The predicted molar refractivity (Wildman–Crippen MR) is 88.4 cm³/mol. The summed E-state index contributed by atoms with van der Waals surface area (Å²) < 4.78 is 38.5. The number of carbonyl (C=O) groups is 1. The monoisotopic (exact) mass is 350 g/mol. The molecule has 126 valence electrons. The van der Waals surface area contributed by atoms with Crippen molar-refractivity contribution in [1.82, 2.24) is 9.88 Å². The number of carbonyl (C=O) groups excluding carboxylic acids is 1. The minimum absolute atomic E-state index is 0.0819. The van der Waals surface area contributed by atoms with Crippen LogP contribution in [0.3, 0.4) is 0 Å². The van der Waals surface area contributed by atoms with E-state index in [9.17, 15) is 17.6 Å². The van der Waals surface area contributed by atoms with Crippen LogP contribution in [0.4, 0.5) is 10.1 Å². The maximum atomic E-state index is 14.0. The van der Waals surface area contributed by atoms with Crippen molar-refractivity contribution in [2.75, 3.05) is 25.1 Å². The predicted octanol–water partition coefficient (Wildman–Crippen LogP) is 1.83. The molecule has 0 amide bonds. The first-order valence-corrected chi connectivity index (χ1v) is 8.63. The van der Waals surface area contributed by atoms with Crippen molar-refractivity contribution in [3.05, 3.63) is 41.5 Å². The Hall–Kier alpha value is -2.86. The van der Waals surface area contributed by atoms with Gasteiger partial charge in [-0.15, -0.1) is 0 Å². The molecule has 1 heterocycles. The topological polar surface area (TPSA) is 106 Å². The number of benzene rings is 1. The number of nitrogens with zero attached hydrogens (tertiary/aromatic N) is 2. The van der Waals surface area contributed by atoms with Gasteiger partial charge in [-0.05, 0) is 18.2 Å². The van der Waals surface area contributed by atoms with Crippen molar-refractivity contribution in [3.63, 3.8) is 0 Å². The van der Waals surface area contributed by atoms with Gasteiger partial charge in [0.2, 0.25) is 15.8 Å². The zero-order chi connectivity index (χ0) is 18.1. The first-order valence-electron chi connectivity index (χ1n) is 6.74. The summed E-state index contributed by atoms with van der Waals surface area (Å²) in [5.74, 6) is -1.31. The third-order valence-electron chi connectivity index (χ3n) is 3.00. The molecule has 0 saturated carbocycles. The highest BCUT2D eigenvalue weighted by molar-refractivity contribution is 7.92. The summed E-state index contributed by atoms with van der Waals surface area (Å²) >= 11 is 0. The summed E-state index contributed by atoms with van der Waals surface area (Å²) in [6, 6.07) is 5.59. The number of allylic oxidation sites excluding steroid dienone is 1. The highest BCUT2D eigenvalue weighted by Crippen LogP contribution is 2.25. The number of nitriles is 1. The highest BCUT2D eigenvalue weighted by atomic mass is 32.2. The Kier molecular flexibility index (Phi) is 4.61. The van der Waals surface area contributed by atoms with Crippen molar-refractivity contribution in [1.29, 1.82) is 5.26 Å². The van der Waals surface area contributed by atoms with Gasteiger partial charge in [-0.25, -0.2) is 12.8 Å². The molecule has 1 aromatic heterocycles. The molecule has 0 aliphatic heterocycles. The van der Waals surface area contributed by atoms with Crippen LogP contribution in [0.25, 0.3) is 10.9 Å². The van der Waals surface area contributed by atoms with Crippen molar-refractivity contribution in [3.8, 4) is 6.07 Å². The molecule has 0 unspecified atom stereocenters. The van der Waals surface area contributed by atoms with Gasteiger partial charge in [0.25, 0.3) is 0 Å². The standard InChI is InChI=1S/C15H15FN4O3S/c1-20(2)8-10(7-17)15(21)14-5-9-4-11(16)13(6-12(9)18-14)19-24(3,22)23/h4-6,8,18-19H,1-3H3. The molecule has 0 radical (unpaired) electrons. The largest absolute Gasteiger partial charge is 0.382 e. The molecular formula is C15H15FN4O3S. The minimum atomic E-state index is -3.64. The normalized spacial score (nSPS) is 12.0. The lowest BCUT2D eigenvalue weighted by atomic mass is 10.1. The van der Waals surface area contributed by atoms with Gasteiger partial charge in [0.1, 0.15) is 17.5 Å². The molecule has 0 aliphatic carbocycles. The van der Waals surface area contributed by atoms with E-state index < -0.39 is 21.6 Å². The molecule has 0 fully saturated rings. The van der Waals surface area contributed by atoms with Gasteiger partial charge in [-0.3, -0.25) is 9.52 Å². The van der Waals surface area contributed by atoms with Crippen molar-refractivity contribution in [2.24, 2.45) is 0 Å². The van der Waals surface area contributed by atoms with Gasteiger partial charge in [-0.2, -0.15) is 5.26 Å². The Morgan fingerprint density at radius 3 is 2.58 bits per heavy atom. The zero-order valence-electron chi connectivity index (χ0n) is 13.2. The number of sulfonamides is 1. The number of H-pyrrole nitrogens is 1. The van der Waals surface area contributed by atoms with Crippen LogP contribution in [-0.4, -0.2) is 44.4 Å². The van der Waals surface area contributed by atoms with Gasteiger partial charge in [0, 0.05) is 31.2 Å². The van der Waals surface area contributed by atoms with Crippen LogP contribution in [0.2, 0.25) is 0 Å². The van der Waals surface area contributed by atoms with Gasteiger partial charge >= 0.3 is 0 Å². The number of aromatic nitrogens is 1. The van der Waals surface area contributed by atoms with Crippen LogP contribution in [-0.2, 0) is 10.0 Å². The molecule has 0 spiro atoms. The number of halogens is 1. The summed E-state index contributed by atoms with van der Waals surface area (Å²) in [5.41, 5.74) is 0.167. The van der Waals surface area contributed by atoms with Gasteiger partial charge in [0.15, 0.2) is 0 Å². The lowest BCUT2D eigenvalue weighted by molar-refractivity contribution is 0.103. The number of anilines is 1. The summed E-state index contributed by atoms with van der Waals surface area (Å²) in [7, 11) is -0.287. The lowest BCUT2D eigenvalue weighted by Gasteiger charge is -2.05. The van der Waals surface area contributed by atoms with E-state index in [1.54, 1.807) is 19.0 Å². The molecule has 1 aromatic carbocycles. The Morgan fingerprint density at radius 2 is 2.04 bits per heavy atom. The second-order valence-electron chi connectivity index (χ2n) is 5.42. The molecule has 0 aliphatic rings. The van der Waals surface area contributed by atoms with E-state index in [4.69, 9.17) is 5.26 Å². The first-order chi connectivity index (χ1) is 11.1. The summed E-state index contributed by atoms with van der Waals surface area (Å²) in [6.45, 7) is 0. The Morgan fingerprint density at radius 1 is 1.38 bits per heavy atom. The van der Waals surface area contributed by atoms with Gasteiger partial charge in [0.05, 0.1) is 17.6 Å². The first kappa shape index (κ1) is 17.5. The van der Waals surface area contributed by atoms with E-state index in [0.717, 1.165) is 12.3 Å². The van der Waals surface area contributed by atoms with E-state index in [2.05, 4.69) is 9.71 Å². The zero-order valence-corrected chi connectivity index (χ0v) is 14.0. The van der Waals surface area contributed by atoms with E-state index in [1.807, 2.05) is 6.07 Å². The van der Waals surface area contributed by atoms with E-state index in [0.29, 0.717) is 10.9 Å². The molecule has 0 atom stereocenters. The third-order valence-corrected chi connectivity index (χ3v) is 3.59. The number of hydrogen-bond acceptors (Lipinski definition) is 5. The van der Waals surface area contributed by atoms with Crippen LogP contribution in [0.1, 0.15) is 10.5 Å². The van der Waals surface area contributed by atoms with E-state index in [1.165, 1.54) is 18.3 Å². The number of nitrogens with one attached hydrogen (secondary N) is 2. The maximum Gasteiger partial charge on any atom is 0.229 e. The van der Waals surface area contributed by atoms with Crippen LogP contribution >= 0.6 is 0 Å². The number of Topliss-reactive ketones (excluding diaryl/α,β-unsaturated/α-hetero) is 1. The fraction of sp³-hybridized carbons (Fsp3) is 0.200. The number of hydrogen-bond donors (Lipinski definition) is 2. The fourth-order valence-electron chi connectivity index (χ4n) is 2.09. The summed E-state index contributed by atoms with van der Waals surface area (Å²) in [6.07, 6.45) is 2.29. The molecular weight excluding hydrogens is 335 g/mol. The quantitative estimate of drug-likeness (QED) is 0.486. The molecule has 0 saturated heterocycles. The van der Waals surface area contributed by atoms with Crippen molar-refractivity contribution < 1.29 is 17.6 Å². The summed E-state index contributed by atoms with van der Waals surface area (Å²) in [4.78, 5) is 16.7. The van der Waals surface area contributed by atoms with Gasteiger partial charge in [-0.1, -0.05) is 0 Å². The van der Waals surface area contributed by atoms with E-state index in [-0.39, 0.29) is 17.0 Å². The van der Waals surface area contributed by atoms with Crippen molar-refractivity contribution in [2.45, 2.75) is 0 Å².